The van der Waals surface area contributed by atoms with E-state index < -0.39 is 10.0 Å². The van der Waals surface area contributed by atoms with E-state index in [1.165, 1.54) is 0 Å². The van der Waals surface area contributed by atoms with Crippen molar-refractivity contribution in [1.82, 2.24) is 4.72 Å². The van der Waals surface area contributed by atoms with Crippen LogP contribution in [0.3, 0.4) is 0 Å². The number of benzene rings is 1. The van der Waals surface area contributed by atoms with E-state index in [0.717, 1.165) is 11.1 Å². The van der Waals surface area contributed by atoms with Gasteiger partial charge >= 0.3 is 0 Å². The number of sulfonamides is 1. The normalized spacial score (nSPS) is 13.8. The highest BCUT2D eigenvalue weighted by atomic mass is 79.9. The van der Waals surface area contributed by atoms with Crippen LogP contribution in [-0.4, -0.2) is 13.1 Å². The van der Waals surface area contributed by atoms with E-state index in [2.05, 4.69) is 20.7 Å². The van der Waals surface area contributed by atoms with Gasteiger partial charge in [-0.3, -0.25) is 0 Å². The summed E-state index contributed by atoms with van der Waals surface area (Å²) in [5.41, 5.74) is 2.09. The lowest BCUT2D eigenvalue weighted by molar-refractivity contribution is 0.572. The van der Waals surface area contributed by atoms with Crippen LogP contribution >= 0.6 is 15.9 Å². The molecule has 0 aliphatic rings. The molecule has 0 heterocycles. The summed E-state index contributed by atoms with van der Waals surface area (Å²) in [5, 5.41) is 0. The third kappa shape index (κ3) is 3.59. The van der Waals surface area contributed by atoms with Gasteiger partial charge in [0.15, 0.2) is 0 Å². The molecule has 1 N–H and O–H groups in total. The zero-order valence-corrected chi connectivity index (χ0v) is 11.1. The molecule has 1 atom stereocenters. The molecule has 5 heteroatoms. The molecule has 0 aliphatic carbocycles. The lowest BCUT2D eigenvalue weighted by Crippen LogP contribution is -2.27. The summed E-state index contributed by atoms with van der Waals surface area (Å²) in [6, 6.07) is 7.53. The first-order chi connectivity index (χ1) is 6.96. The maximum atomic E-state index is 11.3. The molecule has 0 saturated carbocycles. The minimum Gasteiger partial charge on any atom is -0.212 e. The van der Waals surface area contributed by atoms with Crippen LogP contribution in [0, 0.1) is 6.92 Å². The number of halogens is 1. The Morgan fingerprint density at radius 1 is 1.40 bits per heavy atom. The molecule has 0 aliphatic heterocycles. The van der Waals surface area contributed by atoms with Crippen molar-refractivity contribution in [3.8, 4) is 0 Å². The molecule has 0 spiro atoms. The van der Waals surface area contributed by atoms with E-state index >= 15 is 0 Å². The zero-order valence-electron chi connectivity index (χ0n) is 8.70. The fourth-order valence-corrected chi connectivity index (χ4v) is 2.56. The van der Waals surface area contributed by atoms with Crippen LogP contribution in [0.15, 0.2) is 24.3 Å². The second-order valence-electron chi connectivity index (χ2n) is 3.42. The van der Waals surface area contributed by atoms with Crippen LogP contribution in [0.5, 0.6) is 0 Å². The topological polar surface area (TPSA) is 46.2 Å². The molecule has 0 radical (unpaired) electrons. The van der Waals surface area contributed by atoms with Gasteiger partial charge in [0.25, 0.3) is 0 Å². The summed E-state index contributed by atoms with van der Waals surface area (Å²) in [6.07, 6.45) is 0. The highest BCUT2D eigenvalue weighted by molar-refractivity contribution is 9.10. The minimum atomic E-state index is -3.22. The summed E-state index contributed by atoms with van der Waals surface area (Å²) >= 11 is 2.94. The fourth-order valence-electron chi connectivity index (χ4n) is 1.44. The molecule has 0 aromatic heterocycles. The fraction of sp³-hybridized carbons (Fsp3) is 0.400. The molecule has 0 fully saturated rings. The van der Waals surface area contributed by atoms with Gasteiger partial charge in [-0.2, -0.15) is 0 Å². The van der Waals surface area contributed by atoms with Gasteiger partial charge in [0.1, 0.15) is 4.66 Å². The molecule has 0 saturated heterocycles. The second kappa shape index (κ2) is 5.09. The van der Waals surface area contributed by atoms with E-state index in [4.69, 9.17) is 0 Å². The first-order valence-corrected chi connectivity index (χ1v) is 7.35. The highest BCUT2D eigenvalue weighted by Gasteiger charge is 2.15. The average Bonchev–Trinajstić information content (AvgIpc) is 2.17. The Morgan fingerprint density at radius 3 is 2.53 bits per heavy atom. The van der Waals surface area contributed by atoms with Gasteiger partial charge in [0.05, 0.1) is 0 Å². The van der Waals surface area contributed by atoms with Gasteiger partial charge in [-0.05, 0) is 25.0 Å². The molecule has 1 rings (SSSR count). The number of alkyl halides is 1. The Hall–Kier alpha value is -0.390. The first kappa shape index (κ1) is 12.7. The molecule has 1 aromatic carbocycles. The van der Waals surface area contributed by atoms with E-state index in [9.17, 15) is 8.42 Å². The van der Waals surface area contributed by atoms with Crippen molar-refractivity contribution < 1.29 is 8.42 Å². The Labute approximate surface area is 99.1 Å². The Kier molecular flexibility index (Phi) is 4.31. The third-order valence-corrected chi connectivity index (χ3v) is 4.96. The quantitative estimate of drug-likeness (QED) is 0.866. The van der Waals surface area contributed by atoms with E-state index in [1.54, 1.807) is 0 Å². The van der Waals surface area contributed by atoms with Crippen LogP contribution in [0.2, 0.25) is 0 Å². The third-order valence-electron chi connectivity index (χ3n) is 2.15. The standard InChI is InChI=1S/C10H14BrNO2S/c1-8-5-3-4-6-10(8)9(2)12-15(13,14)7-11/h3-6,9,12H,7H2,1-2H3/t9-/m0/s1. The van der Waals surface area contributed by atoms with Gasteiger partial charge in [0.2, 0.25) is 10.0 Å². The van der Waals surface area contributed by atoms with Crippen molar-refractivity contribution in [1.29, 1.82) is 0 Å². The van der Waals surface area contributed by atoms with Gasteiger partial charge in [-0.1, -0.05) is 40.2 Å². The van der Waals surface area contributed by atoms with Crippen LogP contribution < -0.4 is 4.72 Å². The molecule has 84 valence electrons. The molecule has 3 nitrogen and oxygen atoms in total. The van der Waals surface area contributed by atoms with Gasteiger partial charge in [0, 0.05) is 6.04 Å². The van der Waals surface area contributed by atoms with Crippen molar-refractivity contribution in [3.05, 3.63) is 35.4 Å². The average molecular weight is 292 g/mol. The van der Waals surface area contributed by atoms with Gasteiger partial charge in [-0.25, -0.2) is 13.1 Å². The predicted molar refractivity (Wildman–Crippen MR) is 65.4 cm³/mol. The van der Waals surface area contributed by atoms with Crippen LogP contribution in [0.1, 0.15) is 24.1 Å². The molecule has 0 amide bonds. The predicted octanol–water partition coefficient (Wildman–Crippen LogP) is 2.33. The number of hydrogen-bond acceptors (Lipinski definition) is 2. The molecule has 15 heavy (non-hydrogen) atoms. The molecule has 0 bridgehead atoms. The second-order valence-corrected chi connectivity index (χ2v) is 6.48. The zero-order chi connectivity index (χ0) is 11.5. The van der Waals surface area contributed by atoms with Crippen LogP contribution in [0.25, 0.3) is 0 Å². The maximum Gasteiger partial charge on any atom is 0.222 e. The molecular weight excluding hydrogens is 278 g/mol. The number of nitrogens with one attached hydrogen (secondary N) is 1. The van der Waals surface area contributed by atoms with Crippen molar-refractivity contribution in [2.75, 3.05) is 4.66 Å². The van der Waals surface area contributed by atoms with Crippen molar-refractivity contribution >= 4 is 26.0 Å². The first-order valence-electron chi connectivity index (χ1n) is 4.58. The Bertz CT molecular complexity index is 431. The van der Waals surface area contributed by atoms with Gasteiger partial charge < -0.3 is 0 Å². The maximum absolute atomic E-state index is 11.3. The van der Waals surface area contributed by atoms with E-state index in [0.29, 0.717) is 0 Å². The Morgan fingerprint density at radius 2 is 2.00 bits per heavy atom. The smallest absolute Gasteiger partial charge is 0.212 e. The molecular formula is C10H14BrNO2S. The molecule has 1 aromatic rings. The van der Waals surface area contributed by atoms with Crippen molar-refractivity contribution in [2.24, 2.45) is 0 Å². The monoisotopic (exact) mass is 291 g/mol. The highest BCUT2D eigenvalue weighted by Crippen LogP contribution is 2.17. The molecule has 0 unspecified atom stereocenters. The number of hydrogen-bond donors (Lipinski definition) is 1. The summed E-state index contributed by atoms with van der Waals surface area (Å²) in [5.74, 6) is 0. The summed E-state index contributed by atoms with van der Waals surface area (Å²) < 4.78 is 25.2. The number of aryl methyl sites for hydroxylation is 1. The lowest BCUT2D eigenvalue weighted by Gasteiger charge is -2.15. The van der Waals surface area contributed by atoms with Crippen molar-refractivity contribution in [3.63, 3.8) is 0 Å². The Balaban J connectivity index is 2.87. The van der Waals surface area contributed by atoms with Crippen molar-refractivity contribution in [2.45, 2.75) is 19.9 Å². The lowest BCUT2D eigenvalue weighted by atomic mass is 10.0. The summed E-state index contributed by atoms with van der Waals surface area (Å²) in [6.45, 7) is 3.80. The minimum absolute atomic E-state index is 0.0732. The largest absolute Gasteiger partial charge is 0.222 e. The summed E-state index contributed by atoms with van der Waals surface area (Å²) in [7, 11) is -3.22. The van der Waals surface area contributed by atoms with Crippen LogP contribution in [-0.2, 0) is 10.0 Å². The van der Waals surface area contributed by atoms with Gasteiger partial charge in [-0.15, -0.1) is 0 Å². The summed E-state index contributed by atoms with van der Waals surface area (Å²) in [4.78, 5) is 0. The SMILES string of the molecule is Cc1ccccc1[C@H](C)NS(=O)(=O)CBr. The van der Waals surface area contributed by atoms with E-state index in [-0.39, 0.29) is 10.7 Å². The number of rotatable bonds is 4. The van der Waals surface area contributed by atoms with E-state index in [1.807, 2.05) is 38.1 Å². The van der Waals surface area contributed by atoms with Crippen LogP contribution in [0.4, 0.5) is 0 Å².